The molecule has 4 rings (SSSR count). The lowest BCUT2D eigenvalue weighted by Crippen LogP contribution is -2.32. The maximum atomic E-state index is 13.5. The fourth-order valence-corrected chi connectivity index (χ4v) is 4.32. The summed E-state index contributed by atoms with van der Waals surface area (Å²) < 4.78 is 49.3. The minimum absolute atomic E-state index is 0.199. The third-order valence-electron chi connectivity index (χ3n) is 5.87. The minimum Gasteiger partial charge on any atom is -0.492 e. The summed E-state index contributed by atoms with van der Waals surface area (Å²) in [5.74, 6) is -0.256. The van der Waals surface area contributed by atoms with E-state index in [1.165, 1.54) is 6.07 Å². The van der Waals surface area contributed by atoms with Crippen molar-refractivity contribution in [2.45, 2.75) is 45.8 Å². The topological polar surface area (TPSA) is 68.3 Å². The highest BCUT2D eigenvalue weighted by Gasteiger charge is 2.38. The number of aromatic nitrogens is 4. The number of para-hydroxylation sites is 2. The molecule has 7 nitrogen and oxygen atoms in total. The van der Waals surface area contributed by atoms with Gasteiger partial charge in [0.2, 0.25) is 5.82 Å². The van der Waals surface area contributed by atoms with E-state index in [0.29, 0.717) is 25.2 Å². The van der Waals surface area contributed by atoms with Crippen LogP contribution in [-0.2, 0) is 25.8 Å². The number of rotatable bonds is 10. The average Bonchev–Trinajstić information content (AvgIpc) is 3.34. The van der Waals surface area contributed by atoms with E-state index in [-0.39, 0.29) is 18.6 Å². The molecule has 0 amide bonds. The number of hydrogen-bond donors (Lipinski definition) is 1. The molecule has 0 radical (unpaired) electrons. The number of alkyl halides is 3. The molecule has 192 valence electrons. The number of aliphatic hydroxyl groups is 1. The average molecular weight is 502 g/mol. The Bertz CT molecular complexity index is 1300. The predicted molar refractivity (Wildman–Crippen MR) is 131 cm³/mol. The van der Waals surface area contributed by atoms with Gasteiger partial charge in [0.15, 0.2) is 0 Å². The van der Waals surface area contributed by atoms with Crippen LogP contribution in [0.25, 0.3) is 11.0 Å². The van der Waals surface area contributed by atoms with Crippen LogP contribution < -0.4 is 4.74 Å². The first-order chi connectivity index (χ1) is 17.1. The largest absolute Gasteiger partial charge is 0.492 e. The summed E-state index contributed by atoms with van der Waals surface area (Å²) in [4.78, 5) is 5.60. The third-order valence-corrected chi connectivity index (χ3v) is 5.87. The molecule has 1 atom stereocenters. The van der Waals surface area contributed by atoms with Crippen LogP contribution in [0.1, 0.15) is 22.8 Å². The van der Waals surface area contributed by atoms with E-state index in [1.807, 2.05) is 60.8 Å². The summed E-state index contributed by atoms with van der Waals surface area (Å²) in [5.41, 5.74) is 3.67. The second-order valence-electron chi connectivity index (χ2n) is 9.03. The zero-order valence-electron chi connectivity index (χ0n) is 20.5. The van der Waals surface area contributed by atoms with Crippen LogP contribution in [0, 0.1) is 13.8 Å². The van der Waals surface area contributed by atoms with E-state index in [0.717, 1.165) is 27.3 Å². The summed E-state index contributed by atoms with van der Waals surface area (Å²) in [6.45, 7) is 5.64. The van der Waals surface area contributed by atoms with E-state index >= 15 is 0 Å². The van der Waals surface area contributed by atoms with Gasteiger partial charge in [-0.1, -0.05) is 24.3 Å². The Kier molecular flexibility index (Phi) is 7.65. The van der Waals surface area contributed by atoms with E-state index in [4.69, 9.17) is 4.74 Å². The highest BCUT2D eigenvalue weighted by molar-refractivity contribution is 5.76. The second kappa shape index (κ2) is 10.7. The van der Waals surface area contributed by atoms with Gasteiger partial charge in [-0.25, -0.2) is 4.98 Å². The predicted octanol–water partition coefficient (Wildman–Crippen LogP) is 4.44. The highest BCUT2D eigenvalue weighted by Crippen LogP contribution is 2.31. The van der Waals surface area contributed by atoms with E-state index in [2.05, 4.69) is 10.1 Å². The molecular formula is C26H30F3N5O2. The second-order valence-corrected chi connectivity index (χ2v) is 9.03. The van der Waals surface area contributed by atoms with Crippen molar-refractivity contribution in [3.63, 3.8) is 0 Å². The van der Waals surface area contributed by atoms with Gasteiger partial charge >= 0.3 is 6.18 Å². The van der Waals surface area contributed by atoms with Gasteiger partial charge in [0, 0.05) is 18.8 Å². The van der Waals surface area contributed by atoms with Crippen molar-refractivity contribution >= 4 is 11.0 Å². The monoisotopic (exact) mass is 501 g/mol. The van der Waals surface area contributed by atoms with Gasteiger partial charge < -0.3 is 14.4 Å². The van der Waals surface area contributed by atoms with Crippen molar-refractivity contribution in [2.75, 3.05) is 20.2 Å². The number of hydrogen-bond acceptors (Lipinski definition) is 5. The van der Waals surface area contributed by atoms with Crippen LogP contribution in [0.15, 0.2) is 54.6 Å². The zero-order chi connectivity index (χ0) is 25.9. The summed E-state index contributed by atoms with van der Waals surface area (Å²) in [6, 6.07) is 16.1. The SMILES string of the molecule is Cc1cc(C)n(CCOc2ccc(CN(C)C[C@H](O)Cn3c(C(F)(F)F)nc4ccccc43)cc2)n1. The molecular weight excluding hydrogens is 471 g/mol. The molecule has 0 aliphatic carbocycles. The molecule has 0 aliphatic heterocycles. The van der Waals surface area contributed by atoms with Gasteiger partial charge in [0.05, 0.1) is 35.9 Å². The minimum atomic E-state index is -4.61. The standard InChI is InChI=1S/C26H30F3N5O2/c1-18-14-19(2)34(31-18)12-13-36-22-10-8-20(9-11-22)15-32(3)16-21(35)17-33-24-7-5-4-6-23(24)30-25(33)26(27,28)29/h4-11,14,21,35H,12-13,15-17H2,1-3H3/t21-/m0/s1. The lowest BCUT2D eigenvalue weighted by atomic mass is 10.2. The Balaban J connectivity index is 1.30. The van der Waals surface area contributed by atoms with Crippen LogP contribution in [0.2, 0.25) is 0 Å². The van der Waals surface area contributed by atoms with Gasteiger partial charge in [0.1, 0.15) is 12.4 Å². The molecule has 0 unspecified atom stereocenters. The number of ether oxygens (including phenoxy) is 1. The van der Waals surface area contributed by atoms with Crippen molar-refractivity contribution < 1.29 is 23.0 Å². The first kappa shape index (κ1) is 25.7. The number of likely N-dealkylation sites (N-methyl/N-ethyl adjacent to an activating group) is 1. The summed E-state index contributed by atoms with van der Waals surface area (Å²) >= 11 is 0. The summed E-state index contributed by atoms with van der Waals surface area (Å²) in [6.07, 6.45) is -5.62. The molecule has 10 heteroatoms. The smallest absolute Gasteiger partial charge is 0.449 e. The Morgan fingerprint density at radius 3 is 2.47 bits per heavy atom. The fraction of sp³-hybridized carbons (Fsp3) is 0.385. The Morgan fingerprint density at radius 2 is 1.81 bits per heavy atom. The molecule has 1 N–H and O–H groups in total. The fourth-order valence-electron chi connectivity index (χ4n) is 4.32. The van der Waals surface area contributed by atoms with E-state index < -0.39 is 18.1 Å². The molecule has 2 aromatic heterocycles. The zero-order valence-corrected chi connectivity index (χ0v) is 20.5. The highest BCUT2D eigenvalue weighted by atomic mass is 19.4. The summed E-state index contributed by atoms with van der Waals surface area (Å²) in [7, 11) is 1.82. The first-order valence-electron chi connectivity index (χ1n) is 11.7. The van der Waals surface area contributed by atoms with Crippen LogP contribution in [0.4, 0.5) is 13.2 Å². The van der Waals surface area contributed by atoms with Crippen LogP contribution >= 0.6 is 0 Å². The Morgan fingerprint density at radius 1 is 1.08 bits per heavy atom. The van der Waals surface area contributed by atoms with Crippen molar-refractivity contribution in [1.29, 1.82) is 0 Å². The third kappa shape index (κ3) is 6.24. The number of aryl methyl sites for hydroxylation is 2. The van der Waals surface area contributed by atoms with E-state index in [1.54, 1.807) is 18.2 Å². The number of halogens is 3. The van der Waals surface area contributed by atoms with Gasteiger partial charge in [-0.05, 0) is 56.8 Å². The number of nitrogens with zero attached hydrogens (tertiary/aromatic N) is 5. The van der Waals surface area contributed by atoms with Crippen LogP contribution in [0.3, 0.4) is 0 Å². The molecule has 0 fully saturated rings. The molecule has 2 aromatic carbocycles. The number of aliphatic hydroxyl groups excluding tert-OH is 1. The number of imidazole rings is 1. The summed E-state index contributed by atoms with van der Waals surface area (Å²) in [5, 5.41) is 15.0. The molecule has 0 aliphatic rings. The van der Waals surface area contributed by atoms with Crippen LogP contribution in [0.5, 0.6) is 5.75 Å². The van der Waals surface area contributed by atoms with Crippen molar-refractivity contribution in [3.05, 3.63) is 77.4 Å². The number of benzene rings is 2. The Labute approximate surface area is 207 Å². The maximum absolute atomic E-state index is 13.5. The molecule has 4 aromatic rings. The molecule has 36 heavy (non-hydrogen) atoms. The molecule has 0 bridgehead atoms. The van der Waals surface area contributed by atoms with Crippen molar-refractivity contribution in [1.82, 2.24) is 24.2 Å². The molecule has 0 saturated carbocycles. The number of fused-ring (bicyclic) bond motifs is 1. The quantitative estimate of drug-likeness (QED) is 0.348. The molecule has 0 spiro atoms. The van der Waals surface area contributed by atoms with Gasteiger partial charge in [-0.2, -0.15) is 18.3 Å². The van der Waals surface area contributed by atoms with Gasteiger partial charge in [-0.3, -0.25) is 9.58 Å². The van der Waals surface area contributed by atoms with Crippen molar-refractivity contribution in [3.8, 4) is 5.75 Å². The van der Waals surface area contributed by atoms with Gasteiger partial charge in [0.25, 0.3) is 0 Å². The van der Waals surface area contributed by atoms with Gasteiger partial charge in [-0.15, -0.1) is 0 Å². The van der Waals surface area contributed by atoms with Crippen molar-refractivity contribution in [2.24, 2.45) is 0 Å². The normalized spacial score (nSPS) is 13.0. The first-order valence-corrected chi connectivity index (χ1v) is 11.7. The lowest BCUT2D eigenvalue weighted by Gasteiger charge is -2.22. The van der Waals surface area contributed by atoms with E-state index in [9.17, 15) is 18.3 Å². The van der Waals surface area contributed by atoms with Crippen LogP contribution in [-0.4, -0.2) is 55.6 Å². The molecule has 2 heterocycles. The molecule has 0 saturated heterocycles. The Hall–Kier alpha value is -3.37. The lowest BCUT2D eigenvalue weighted by molar-refractivity contribution is -0.147. The maximum Gasteiger partial charge on any atom is 0.449 e.